The number of ether oxygens (including phenoxy) is 2. The second-order valence-corrected chi connectivity index (χ2v) is 4.25. The van der Waals surface area contributed by atoms with Gasteiger partial charge in [-0.15, -0.1) is 0 Å². The third-order valence-corrected chi connectivity index (χ3v) is 2.71. The fraction of sp³-hybridized carbons (Fsp3) is 0.727. The molecule has 5 unspecified atom stereocenters. The molecule has 1 rings (SSSR count). The van der Waals surface area contributed by atoms with Gasteiger partial charge in [-0.1, -0.05) is 6.08 Å². The maximum Gasteiger partial charge on any atom is 0.407 e. The summed E-state index contributed by atoms with van der Waals surface area (Å²) in [4.78, 5) is 11.1. The molecule has 0 heterocycles. The fourth-order valence-corrected chi connectivity index (χ4v) is 1.76. The zero-order valence-corrected chi connectivity index (χ0v) is 10.6. The summed E-state index contributed by atoms with van der Waals surface area (Å²) in [5.41, 5.74) is 5.09. The number of hydrogen-bond donors (Lipinski definition) is 5. The van der Waals surface area contributed by atoms with Gasteiger partial charge in [-0.2, -0.15) is 0 Å². The molecule has 110 valence electrons. The molecule has 5 atom stereocenters. The predicted octanol–water partition coefficient (Wildman–Crippen LogP) is -1.60. The first-order valence-corrected chi connectivity index (χ1v) is 5.94. The SMILES string of the molecule is CNC(=O)OC1/C=C/C(OC(N)O)CC(O)C(O)C1. The van der Waals surface area contributed by atoms with Crippen molar-refractivity contribution in [1.82, 2.24) is 5.32 Å². The van der Waals surface area contributed by atoms with Crippen molar-refractivity contribution in [2.24, 2.45) is 5.73 Å². The van der Waals surface area contributed by atoms with E-state index in [-0.39, 0.29) is 12.8 Å². The van der Waals surface area contributed by atoms with E-state index in [1.54, 1.807) is 0 Å². The van der Waals surface area contributed by atoms with Gasteiger partial charge in [0, 0.05) is 19.9 Å². The van der Waals surface area contributed by atoms with Gasteiger partial charge in [-0.3, -0.25) is 5.73 Å². The second-order valence-electron chi connectivity index (χ2n) is 4.25. The molecule has 19 heavy (non-hydrogen) atoms. The second kappa shape index (κ2) is 7.41. The molecule has 0 aromatic heterocycles. The van der Waals surface area contributed by atoms with E-state index in [9.17, 15) is 15.0 Å². The number of hydrogen-bond acceptors (Lipinski definition) is 7. The van der Waals surface area contributed by atoms with E-state index in [1.165, 1.54) is 19.2 Å². The average Bonchev–Trinajstić information content (AvgIpc) is 2.33. The topological polar surface area (TPSA) is 134 Å². The third kappa shape index (κ3) is 5.53. The molecule has 0 radical (unpaired) electrons. The number of aliphatic hydroxyl groups is 3. The van der Waals surface area contributed by atoms with Crippen LogP contribution in [0.1, 0.15) is 12.8 Å². The molecule has 0 aromatic rings. The number of aliphatic hydroxyl groups excluding tert-OH is 3. The van der Waals surface area contributed by atoms with E-state index < -0.39 is 36.9 Å². The molecule has 0 aliphatic heterocycles. The molecule has 8 heteroatoms. The molecule has 1 aliphatic rings. The lowest BCUT2D eigenvalue weighted by Crippen LogP contribution is -2.39. The van der Waals surface area contributed by atoms with Crippen molar-refractivity contribution in [3.05, 3.63) is 12.2 Å². The van der Waals surface area contributed by atoms with Gasteiger partial charge in [0.15, 0.2) is 0 Å². The van der Waals surface area contributed by atoms with Crippen LogP contribution in [0.15, 0.2) is 12.2 Å². The maximum absolute atomic E-state index is 11.1. The largest absolute Gasteiger partial charge is 0.442 e. The number of carbonyl (C=O) groups is 1. The molecule has 1 amide bonds. The van der Waals surface area contributed by atoms with E-state index in [4.69, 9.17) is 20.3 Å². The van der Waals surface area contributed by atoms with Gasteiger partial charge < -0.3 is 30.1 Å². The van der Waals surface area contributed by atoms with Crippen molar-refractivity contribution >= 4 is 6.09 Å². The van der Waals surface area contributed by atoms with Crippen LogP contribution in [-0.2, 0) is 9.47 Å². The summed E-state index contributed by atoms with van der Waals surface area (Å²) in [6, 6.07) is 0. The Hall–Kier alpha value is -1.19. The van der Waals surface area contributed by atoms with Gasteiger partial charge in [-0.25, -0.2) is 4.79 Å². The number of rotatable bonds is 3. The lowest BCUT2D eigenvalue weighted by atomic mass is 9.97. The highest BCUT2D eigenvalue weighted by Crippen LogP contribution is 2.18. The Bertz CT molecular complexity index is 322. The summed E-state index contributed by atoms with van der Waals surface area (Å²) in [7, 11) is 1.41. The quantitative estimate of drug-likeness (QED) is 0.309. The van der Waals surface area contributed by atoms with Gasteiger partial charge in [0.25, 0.3) is 0 Å². The van der Waals surface area contributed by atoms with Crippen LogP contribution in [0.2, 0.25) is 0 Å². The van der Waals surface area contributed by atoms with E-state index in [2.05, 4.69) is 5.32 Å². The lowest BCUT2D eigenvalue weighted by molar-refractivity contribution is -0.133. The van der Waals surface area contributed by atoms with Gasteiger partial charge in [-0.05, 0) is 6.08 Å². The zero-order valence-electron chi connectivity index (χ0n) is 10.6. The molecule has 0 saturated heterocycles. The highest BCUT2D eigenvalue weighted by atomic mass is 16.6. The molecule has 6 N–H and O–H groups in total. The maximum atomic E-state index is 11.1. The Labute approximate surface area is 110 Å². The average molecular weight is 276 g/mol. The van der Waals surface area contributed by atoms with Crippen LogP contribution >= 0.6 is 0 Å². The minimum Gasteiger partial charge on any atom is -0.442 e. The summed E-state index contributed by atoms with van der Waals surface area (Å²) in [5, 5.41) is 30.7. The van der Waals surface area contributed by atoms with Gasteiger partial charge in [0.1, 0.15) is 6.10 Å². The Morgan fingerprint density at radius 1 is 1.32 bits per heavy atom. The van der Waals surface area contributed by atoms with Crippen molar-refractivity contribution in [3.63, 3.8) is 0 Å². The van der Waals surface area contributed by atoms with E-state index in [1.807, 2.05) is 0 Å². The van der Waals surface area contributed by atoms with E-state index in [0.717, 1.165) is 0 Å². The summed E-state index contributed by atoms with van der Waals surface area (Å²) in [5.74, 6) is 0. The van der Waals surface area contributed by atoms with Crippen molar-refractivity contribution < 1.29 is 29.6 Å². The molecule has 0 spiro atoms. The first-order chi connectivity index (χ1) is 8.92. The van der Waals surface area contributed by atoms with Crippen molar-refractivity contribution in [3.8, 4) is 0 Å². The van der Waals surface area contributed by atoms with Crippen LogP contribution in [0.25, 0.3) is 0 Å². The Morgan fingerprint density at radius 3 is 2.37 bits per heavy atom. The highest BCUT2D eigenvalue weighted by molar-refractivity contribution is 5.67. The summed E-state index contributed by atoms with van der Waals surface area (Å²) in [6.07, 6.45) is -2.45. The fourth-order valence-electron chi connectivity index (χ4n) is 1.76. The van der Waals surface area contributed by atoms with E-state index in [0.29, 0.717) is 0 Å². The van der Waals surface area contributed by atoms with Crippen molar-refractivity contribution in [2.75, 3.05) is 7.05 Å². The number of amides is 1. The van der Waals surface area contributed by atoms with Crippen LogP contribution < -0.4 is 11.1 Å². The first kappa shape index (κ1) is 15.9. The van der Waals surface area contributed by atoms with Gasteiger partial charge in [0.05, 0.1) is 18.3 Å². The molecule has 0 aromatic carbocycles. The van der Waals surface area contributed by atoms with Crippen LogP contribution in [0.3, 0.4) is 0 Å². The highest BCUT2D eigenvalue weighted by Gasteiger charge is 2.27. The Morgan fingerprint density at radius 2 is 1.84 bits per heavy atom. The first-order valence-electron chi connectivity index (χ1n) is 5.94. The minimum absolute atomic E-state index is 0.0724. The third-order valence-electron chi connectivity index (χ3n) is 2.71. The smallest absolute Gasteiger partial charge is 0.407 e. The monoisotopic (exact) mass is 276 g/mol. The molecule has 8 nitrogen and oxygen atoms in total. The molecule has 0 fully saturated rings. The summed E-state index contributed by atoms with van der Waals surface area (Å²) >= 11 is 0. The van der Waals surface area contributed by atoms with Crippen molar-refractivity contribution in [1.29, 1.82) is 0 Å². The standard InChI is InChI=1S/C11H20N2O6/c1-13-11(17)19-7-3-2-6(18-10(12)16)4-8(14)9(15)5-7/h2-3,6-10,14-16H,4-5,12H2,1H3,(H,13,17)/b3-2+. The predicted molar refractivity (Wildman–Crippen MR) is 64.8 cm³/mol. The van der Waals surface area contributed by atoms with E-state index >= 15 is 0 Å². The lowest BCUT2D eigenvalue weighted by Gasteiger charge is -2.27. The van der Waals surface area contributed by atoms with Gasteiger partial charge in [0.2, 0.25) is 6.41 Å². The van der Waals surface area contributed by atoms with Crippen molar-refractivity contribution in [2.45, 2.75) is 43.7 Å². The Balaban J connectivity index is 2.73. The van der Waals surface area contributed by atoms with Crippen LogP contribution in [0.5, 0.6) is 0 Å². The zero-order chi connectivity index (χ0) is 14.4. The molecular formula is C11H20N2O6. The number of alkyl carbamates (subject to hydrolysis) is 1. The van der Waals surface area contributed by atoms with Crippen LogP contribution in [0, 0.1) is 0 Å². The number of nitrogens with one attached hydrogen (secondary N) is 1. The molecule has 0 bridgehead atoms. The molecular weight excluding hydrogens is 256 g/mol. The van der Waals surface area contributed by atoms with Crippen LogP contribution in [-0.4, -0.2) is 59.3 Å². The molecule has 1 aliphatic carbocycles. The Kier molecular flexibility index (Phi) is 6.19. The molecule has 0 saturated carbocycles. The minimum atomic E-state index is -1.49. The normalized spacial score (nSPS) is 34.8. The summed E-state index contributed by atoms with van der Waals surface area (Å²) in [6.45, 7) is 0. The van der Waals surface area contributed by atoms with Gasteiger partial charge >= 0.3 is 6.09 Å². The van der Waals surface area contributed by atoms with Crippen LogP contribution in [0.4, 0.5) is 4.79 Å². The number of nitrogens with two attached hydrogens (primary N) is 1. The summed E-state index contributed by atoms with van der Waals surface area (Å²) < 4.78 is 9.94. The number of carbonyl (C=O) groups excluding carboxylic acids is 1.